The van der Waals surface area contributed by atoms with Crippen molar-refractivity contribution in [3.05, 3.63) is 45.1 Å². The SMILES string of the molecule is CCN1C(=O)NC(c2ccc(Cl)cc2Cl)C2=C1CN(CC(=O)N(CC(C)C)CC1CCCO1)C2=O. The van der Waals surface area contributed by atoms with Crippen molar-refractivity contribution in [2.45, 2.75) is 45.8 Å². The van der Waals surface area contributed by atoms with Crippen molar-refractivity contribution < 1.29 is 19.1 Å². The summed E-state index contributed by atoms with van der Waals surface area (Å²) in [5.74, 6) is -0.106. The number of likely N-dealkylation sites (N-methyl/N-ethyl adjacent to an activating group) is 1. The van der Waals surface area contributed by atoms with E-state index in [2.05, 4.69) is 19.2 Å². The molecule has 4 amide bonds. The van der Waals surface area contributed by atoms with Crippen molar-refractivity contribution in [1.29, 1.82) is 0 Å². The first kappa shape index (κ1) is 25.8. The molecule has 3 heterocycles. The highest BCUT2D eigenvalue weighted by Crippen LogP contribution is 2.39. The Kier molecular flexibility index (Phi) is 7.93. The molecule has 1 saturated heterocycles. The molecule has 1 aromatic rings. The minimum Gasteiger partial charge on any atom is -0.376 e. The molecule has 0 bridgehead atoms. The summed E-state index contributed by atoms with van der Waals surface area (Å²) in [7, 11) is 0. The number of ether oxygens (including phenoxy) is 1. The zero-order chi connectivity index (χ0) is 25.3. The maximum absolute atomic E-state index is 13.6. The zero-order valence-electron chi connectivity index (χ0n) is 20.4. The van der Waals surface area contributed by atoms with Crippen LogP contribution in [0.5, 0.6) is 0 Å². The molecule has 2 atom stereocenters. The Morgan fingerprint density at radius 2 is 2.06 bits per heavy atom. The van der Waals surface area contributed by atoms with Gasteiger partial charge in [0.05, 0.1) is 30.0 Å². The van der Waals surface area contributed by atoms with E-state index in [4.69, 9.17) is 27.9 Å². The molecule has 0 saturated carbocycles. The van der Waals surface area contributed by atoms with E-state index in [1.807, 2.05) is 6.92 Å². The molecule has 0 aromatic heterocycles. The Hall–Kier alpha value is -2.29. The van der Waals surface area contributed by atoms with E-state index in [1.54, 1.807) is 28.0 Å². The number of halogens is 2. The molecule has 1 fully saturated rings. The summed E-state index contributed by atoms with van der Waals surface area (Å²) in [4.78, 5) is 44.7. The highest BCUT2D eigenvalue weighted by Gasteiger charge is 2.44. The number of hydrogen-bond acceptors (Lipinski definition) is 4. The normalized spacial score (nSPS) is 22.2. The molecule has 1 aromatic carbocycles. The third kappa shape index (κ3) is 5.44. The van der Waals surface area contributed by atoms with Crippen LogP contribution in [0.3, 0.4) is 0 Å². The van der Waals surface area contributed by atoms with Gasteiger partial charge in [-0.1, -0.05) is 43.1 Å². The van der Waals surface area contributed by atoms with Gasteiger partial charge < -0.3 is 19.9 Å². The highest BCUT2D eigenvalue weighted by molar-refractivity contribution is 6.35. The number of rotatable bonds is 8. The first-order valence-electron chi connectivity index (χ1n) is 12.1. The molecule has 35 heavy (non-hydrogen) atoms. The van der Waals surface area contributed by atoms with Gasteiger partial charge in [-0.3, -0.25) is 14.5 Å². The van der Waals surface area contributed by atoms with Crippen LogP contribution in [-0.2, 0) is 14.3 Å². The number of carbonyl (C=O) groups excluding carboxylic acids is 3. The van der Waals surface area contributed by atoms with Gasteiger partial charge in [0.2, 0.25) is 5.91 Å². The lowest BCUT2D eigenvalue weighted by molar-refractivity contribution is -0.139. The van der Waals surface area contributed by atoms with Crippen LogP contribution in [0.1, 0.15) is 45.2 Å². The summed E-state index contributed by atoms with van der Waals surface area (Å²) in [6, 6.07) is 3.97. The number of urea groups is 1. The maximum atomic E-state index is 13.6. The average molecular weight is 523 g/mol. The van der Waals surface area contributed by atoms with Gasteiger partial charge in [0.25, 0.3) is 5.91 Å². The van der Waals surface area contributed by atoms with Crippen LogP contribution in [0.25, 0.3) is 0 Å². The quantitative estimate of drug-likeness (QED) is 0.562. The third-order valence-corrected chi connectivity index (χ3v) is 7.16. The number of amides is 4. The average Bonchev–Trinajstić information content (AvgIpc) is 3.41. The molecule has 8 nitrogen and oxygen atoms in total. The lowest BCUT2D eigenvalue weighted by Gasteiger charge is -2.33. The van der Waals surface area contributed by atoms with Crippen molar-refractivity contribution in [3.8, 4) is 0 Å². The van der Waals surface area contributed by atoms with Gasteiger partial charge in [-0.05, 0) is 43.4 Å². The van der Waals surface area contributed by atoms with Gasteiger partial charge in [0, 0.05) is 36.3 Å². The molecule has 4 rings (SSSR count). The molecule has 10 heteroatoms. The van der Waals surface area contributed by atoms with E-state index < -0.39 is 6.04 Å². The largest absolute Gasteiger partial charge is 0.376 e. The van der Waals surface area contributed by atoms with Crippen LogP contribution in [0.15, 0.2) is 29.5 Å². The fourth-order valence-corrected chi connectivity index (χ4v) is 5.51. The number of nitrogens with zero attached hydrogens (tertiary/aromatic N) is 3. The monoisotopic (exact) mass is 522 g/mol. The summed E-state index contributed by atoms with van der Waals surface area (Å²) in [6.45, 7) is 8.36. The van der Waals surface area contributed by atoms with E-state index in [1.165, 1.54) is 4.90 Å². The van der Waals surface area contributed by atoms with Gasteiger partial charge in [0.1, 0.15) is 6.54 Å². The Bertz CT molecular complexity index is 1040. The Morgan fingerprint density at radius 1 is 1.29 bits per heavy atom. The predicted octanol–water partition coefficient (Wildman–Crippen LogP) is 3.84. The molecular weight excluding hydrogens is 491 g/mol. The minimum atomic E-state index is -0.712. The Labute approximate surface area is 216 Å². The van der Waals surface area contributed by atoms with Crippen LogP contribution >= 0.6 is 23.2 Å². The molecule has 3 aliphatic rings. The smallest absolute Gasteiger partial charge is 0.322 e. The summed E-state index contributed by atoms with van der Waals surface area (Å²) in [5.41, 5.74) is 1.65. The molecule has 3 aliphatic heterocycles. The van der Waals surface area contributed by atoms with Crippen LogP contribution < -0.4 is 5.32 Å². The lowest BCUT2D eigenvalue weighted by Crippen LogP contribution is -2.47. The number of carbonyl (C=O) groups is 3. The van der Waals surface area contributed by atoms with Gasteiger partial charge >= 0.3 is 6.03 Å². The fourth-order valence-electron chi connectivity index (χ4n) is 5.00. The summed E-state index contributed by atoms with van der Waals surface area (Å²) in [6.07, 6.45) is 1.97. The van der Waals surface area contributed by atoms with Gasteiger partial charge in [-0.2, -0.15) is 0 Å². The third-order valence-electron chi connectivity index (χ3n) is 6.60. The zero-order valence-corrected chi connectivity index (χ0v) is 21.9. The minimum absolute atomic E-state index is 0.0344. The lowest BCUT2D eigenvalue weighted by atomic mass is 9.95. The number of nitrogens with one attached hydrogen (secondary N) is 1. The Balaban J connectivity index is 1.57. The summed E-state index contributed by atoms with van der Waals surface area (Å²) in [5, 5.41) is 3.74. The Morgan fingerprint density at radius 3 is 2.69 bits per heavy atom. The second-order valence-electron chi connectivity index (χ2n) is 9.64. The summed E-state index contributed by atoms with van der Waals surface area (Å²) < 4.78 is 5.75. The molecule has 1 N–H and O–H groups in total. The first-order valence-corrected chi connectivity index (χ1v) is 12.9. The van der Waals surface area contributed by atoms with Crippen molar-refractivity contribution in [1.82, 2.24) is 20.0 Å². The molecule has 0 aliphatic carbocycles. The maximum Gasteiger partial charge on any atom is 0.322 e. The van der Waals surface area contributed by atoms with E-state index in [0.29, 0.717) is 46.5 Å². The predicted molar refractivity (Wildman–Crippen MR) is 134 cm³/mol. The van der Waals surface area contributed by atoms with E-state index >= 15 is 0 Å². The van der Waals surface area contributed by atoms with Gasteiger partial charge in [-0.25, -0.2) is 4.79 Å². The second-order valence-corrected chi connectivity index (χ2v) is 10.5. The van der Waals surface area contributed by atoms with Crippen molar-refractivity contribution >= 4 is 41.0 Å². The van der Waals surface area contributed by atoms with Crippen LogP contribution in [0.4, 0.5) is 4.79 Å². The van der Waals surface area contributed by atoms with E-state index in [-0.39, 0.29) is 43.0 Å². The van der Waals surface area contributed by atoms with E-state index in [0.717, 1.165) is 19.4 Å². The fraction of sp³-hybridized carbons (Fsp3) is 0.560. The molecule has 0 spiro atoms. The molecule has 0 radical (unpaired) electrons. The van der Waals surface area contributed by atoms with Crippen molar-refractivity contribution in [2.24, 2.45) is 5.92 Å². The van der Waals surface area contributed by atoms with Crippen molar-refractivity contribution in [2.75, 3.05) is 39.3 Å². The van der Waals surface area contributed by atoms with Crippen LogP contribution in [0.2, 0.25) is 10.0 Å². The van der Waals surface area contributed by atoms with Gasteiger partial charge in [0.15, 0.2) is 0 Å². The van der Waals surface area contributed by atoms with Crippen LogP contribution in [0, 0.1) is 5.92 Å². The van der Waals surface area contributed by atoms with E-state index in [9.17, 15) is 14.4 Å². The topological polar surface area (TPSA) is 82.2 Å². The second kappa shape index (κ2) is 10.8. The van der Waals surface area contributed by atoms with Crippen molar-refractivity contribution in [3.63, 3.8) is 0 Å². The van der Waals surface area contributed by atoms with Gasteiger partial charge in [-0.15, -0.1) is 0 Å². The molecular formula is C25H32Cl2N4O4. The molecule has 190 valence electrons. The van der Waals surface area contributed by atoms with Crippen LogP contribution in [-0.4, -0.2) is 78.0 Å². The number of benzene rings is 1. The standard InChI is InChI=1S/C25H32Cl2N4O4/c1-4-31-20-13-30(14-21(32)29(11-15(2)3)12-17-6-5-9-35-17)24(33)22(20)23(28-25(31)34)18-8-7-16(26)10-19(18)27/h7-8,10,15,17,23H,4-6,9,11-14H2,1-3H3,(H,28,34). The first-order chi connectivity index (χ1) is 16.7. The molecule has 2 unspecified atom stereocenters. The number of hydrogen-bond donors (Lipinski definition) is 1. The summed E-state index contributed by atoms with van der Waals surface area (Å²) >= 11 is 12.5. The highest BCUT2D eigenvalue weighted by atomic mass is 35.5.